The topological polar surface area (TPSA) is 215 Å². The van der Waals surface area contributed by atoms with Gasteiger partial charge in [0.15, 0.2) is 0 Å². The molecule has 0 aliphatic carbocycles. The average Bonchev–Trinajstić information content (AvgIpc) is 1.00. The number of nitrogens with two attached hydrogens (primary N) is 5. The Bertz CT molecular complexity index is 9.10. The molecule has 0 aliphatic heterocycles. The van der Waals surface area contributed by atoms with Gasteiger partial charge in [0.05, 0.1) is 0 Å². The van der Waals surface area contributed by atoms with Crippen LogP contribution in [0.15, 0.2) is 0 Å². The Morgan fingerprint density at radius 1 is 0.500 bits per heavy atom. The second-order valence-corrected chi connectivity index (χ2v) is 0. The van der Waals surface area contributed by atoms with Crippen molar-refractivity contribution in [2.24, 2.45) is 0 Å². The molecule has 0 saturated carbocycles. The van der Waals surface area contributed by atoms with Gasteiger partial charge in [-0.05, 0) is 0 Å². The van der Waals surface area contributed by atoms with Crippen molar-refractivity contribution in [2.45, 2.75) is 0 Å². The molecule has 0 atom stereocenters. The molecular formula is H10N7Os+2. The van der Waals surface area contributed by atoms with Crippen molar-refractivity contribution >= 4 is 0 Å². The normalized spacial score (nSPS) is 0.250. The molecule has 0 aliphatic rings. The molecule has 8 heavy (non-hydrogen) atoms. The zero-order valence-corrected chi connectivity index (χ0v) is 6.68. The monoisotopic (exact) mass is 300 g/mol. The van der Waals surface area contributed by atoms with Gasteiger partial charge in [-0.3, -0.25) is 0 Å². The van der Waals surface area contributed by atoms with Crippen LogP contribution in [-0.4, -0.2) is 0 Å². The van der Waals surface area contributed by atoms with Gasteiger partial charge >= 0.3 is 19.8 Å². The Hall–Kier alpha value is -0.144. The van der Waals surface area contributed by atoms with Crippen molar-refractivity contribution in [1.82, 2.24) is 0 Å². The first-order valence-electron chi connectivity index (χ1n) is 0.200. The minimum absolute atomic E-state index is 0. The van der Waals surface area contributed by atoms with E-state index >= 15 is 0 Å². The molecule has 0 aromatic rings. The molecule has 10 N–H and O–H groups in total. The van der Waals surface area contributed by atoms with E-state index in [9.17, 15) is 0 Å². The molecule has 0 amide bonds. The predicted molar refractivity (Wildman–Crippen MR) is 29.9 cm³/mol. The molecule has 0 unspecified atom stereocenters. The van der Waals surface area contributed by atoms with Crippen LogP contribution in [0.2, 0.25) is 0 Å². The van der Waals surface area contributed by atoms with Gasteiger partial charge < -0.3 is 30.8 Å². The first-order chi connectivity index (χ1) is 1.00. The van der Waals surface area contributed by atoms with Gasteiger partial charge in [0.25, 0.3) is 0 Å². The van der Waals surface area contributed by atoms with Crippen LogP contribution in [0, 0.1) is 10.8 Å². The van der Waals surface area contributed by atoms with Gasteiger partial charge in [-0.2, -0.15) is 0 Å². The summed E-state index contributed by atoms with van der Waals surface area (Å²) in [6.07, 6.45) is 0. The van der Waals surface area contributed by atoms with Gasteiger partial charge in [-0.1, -0.05) is 0 Å². The van der Waals surface area contributed by atoms with Crippen molar-refractivity contribution in [3.63, 3.8) is 0 Å². The Labute approximate surface area is 62.0 Å². The molecule has 0 aromatic carbocycles. The molecule has 0 heterocycles. The summed E-state index contributed by atoms with van der Waals surface area (Å²) in [6.45, 7) is 0. The smallest absolute Gasteiger partial charge is 0.693 e. The third kappa shape index (κ3) is 6690. The Morgan fingerprint density at radius 2 is 0.500 bits per heavy atom. The predicted octanol–water partition coefficient (Wildman–Crippen LogP) is 3.61. The van der Waals surface area contributed by atoms with E-state index < -0.39 is 0 Å². The van der Waals surface area contributed by atoms with Gasteiger partial charge in [0.1, 0.15) is 0 Å². The first kappa shape index (κ1) is 504. The van der Waals surface area contributed by atoms with Crippen molar-refractivity contribution < 1.29 is 19.8 Å². The molecule has 51 valence electrons. The van der Waals surface area contributed by atoms with E-state index in [2.05, 4.69) is 0 Å². The second kappa shape index (κ2) is 11400. The summed E-state index contributed by atoms with van der Waals surface area (Å²) in [7, 11) is 0. The number of hydrogen-bond acceptors (Lipinski definition) is 2. The number of hydrogen-bond donors (Lipinski definition) is 0. The first-order valence-corrected chi connectivity index (χ1v) is 0.200. The minimum Gasteiger partial charge on any atom is -0.693 e. The van der Waals surface area contributed by atoms with Gasteiger partial charge in [-0.25, -0.2) is 0 Å². The number of nitrogens with zero attached hydrogens (tertiary/aromatic N) is 2. The molecule has 0 saturated heterocycles. The Balaban J connectivity index is -0.000000000333. The van der Waals surface area contributed by atoms with E-state index in [-0.39, 0.29) is 50.5 Å². The summed E-state index contributed by atoms with van der Waals surface area (Å²) >= 11 is 0. The zero-order valence-electron chi connectivity index (χ0n) is 4.13. The van der Waals surface area contributed by atoms with Crippen LogP contribution in [0.5, 0.6) is 0 Å². The molecule has 0 aromatic heterocycles. The third-order valence-electron chi connectivity index (χ3n) is 0. The average molecular weight is 298 g/mol. The summed E-state index contributed by atoms with van der Waals surface area (Å²) < 4.78 is 0. The van der Waals surface area contributed by atoms with E-state index in [4.69, 9.17) is 10.8 Å². The molecule has 8 heteroatoms. The van der Waals surface area contributed by atoms with Gasteiger partial charge in [-0.15, -0.1) is 0 Å². The van der Waals surface area contributed by atoms with Crippen LogP contribution >= 0.6 is 0 Å². The summed E-state index contributed by atoms with van der Waals surface area (Å²) in [5, 5.41) is 12.0. The van der Waals surface area contributed by atoms with Crippen LogP contribution in [0.3, 0.4) is 0 Å². The third-order valence-corrected chi connectivity index (χ3v) is 0. The fourth-order valence-corrected chi connectivity index (χ4v) is 0. The van der Waals surface area contributed by atoms with E-state index in [1.807, 2.05) is 0 Å². The molecule has 0 spiro atoms. The maximum Gasteiger partial charge on any atom is 7.00 e. The van der Waals surface area contributed by atoms with E-state index in [1.165, 1.54) is 0 Å². The summed E-state index contributed by atoms with van der Waals surface area (Å²) in [4.78, 5) is 0. The maximum absolute atomic E-state index is 6.00. The molecule has 0 bridgehead atoms. The Morgan fingerprint density at radius 3 is 0.500 bits per heavy atom. The molecule has 1 radical (unpaired) electrons. The largest absolute Gasteiger partial charge is 7.00 e. The van der Waals surface area contributed by atoms with Crippen LogP contribution in [0.1, 0.15) is 0 Å². The molecular weight excluding hydrogens is 288 g/mol. The van der Waals surface area contributed by atoms with Crippen LogP contribution in [0.4, 0.5) is 0 Å². The fraction of sp³-hybridized carbons (Fsp3) is 0. The number of rotatable bonds is 0. The fourth-order valence-electron chi connectivity index (χ4n) is 0. The second-order valence-electron chi connectivity index (χ2n) is 0. The quantitative estimate of drug-likeness (QED) is 0.612. The minimum atomic E-state index is 0. The summed E-state index contributed by atoms with van der Waals surface area (Å²) in [5.41, 5.74) is 0. The van der Waals surface area contributed by atoms with Gasteiger partial charge in [0, 0.05) is 10.8 Å². The van der Waals surface area contributed by atoms with Crippen molar-refractivity contribution in [2.75, 3.05) is 0 Å². The standard InChI is InChI=1S/N2.5H2N.Os/c1-2;;;;;;/h;5*1H2;/q;5*-1;+7. The zero-order chi connectivity index (χ0) is 2.00. The van der Waals surface area contributed by atoms with Gasteiger partial charge in [0.2, 0.25) is 0 Å². The maximum atomic E-state index is 6.00. The van der Waals surface area contributed by atoms with E-state index in [0.717, 1.165) is 0 Å². The SMILES string of the molecule is N#N.[NH2-].[NH2-].[NH2-].[NH2-].[NH2-].[Os+7]. The van der Waals surface area contributed by atoms with Crippen molar-refractivity contribution in [3.05, 3.63) is 30.8 Å². The summed E-state index contributed by atoms with van der Waals surface area (Å²) in [5.74, 6) is 0. The Kier molecular flexibility index (Phi) is 718000. The van der Waals surface area contributed by atoms with Crippen LogP contribution < -0.4 is 0 Å². The van der Waals surface area contributed by atoms with Crippen LogP contribution in [0.25, 0.3) is 30.8 Å². The van der Waals surface area contributed by atoms with Crippen molar-refractivity contribution in [1.29, 1.82) is 10.8 Å². The molecule has 7 nitrogen and oxygen atoms in total. The molecule has 0 rings (SSSR count). The van der Waals surface area contributed by atoms with E-state index in [1.54, 1.807) is 0 Å². The van der Waals surface area contributed by atoms with Crippen LogP contribution in [-0.2, 0) is 19.8 Å². The molecule has 0 fully saturated rings. The van der Waals surface area contributed by atoms with Crippen molar-refractivity contribution in [3.8, 4) is 0 Å². The van der Waals surface area contributed by atoms with E-state index in [0.29, 0.717) is 0 Å². The summed E-state index contributed by atoms with van der Waals surface area (Å²) in [6, 6.07) is 0.